The number of carbonyl (C=O) groups excluding carboxylic acids is 1. The van der Waals surface area contributed by atoms with E-state index < -0.39 is 0 Å². The van der Waals surface area contributed by atoms with Gasteiger partial charge in [-0.3, -0.25) is 4.79 Å². The van der Waals surface area contributed by atoms with Crippen LogP contribution in [0, 0.1) is 5.92 Å². The number of rotatable bonds is 3. The topological polar surface area (TPSA) is 48.1 Å². The lowest BCUT2D eigenvalue weighted by molar-refractivity contribution is -0.133. The van der Waals surface area contributed by atoms with E-state index in [1.54, 1.807) is 0 Å². The fraction of sp³-hybridized carbons (Fsp3) is 0.706. The third kappa shape index (κ3) is 2.61. The smallest absolute Gasteiger partial charge is 0.223 e. The van der Waals surface area contributed by atoms with E-state index in [4.69, 9.17) is 0 Å². The number of carbonyl (C=O) groups is 1. The van der Waals surface area contributed by atoms with Crippen molar-refractivity contribution >= 4 is 5.91 Å². The monoisotopic (exact) mass is 287 g/mol. The molecule has 3 aliphatic rings. The second kappa shape index (κ2) is 5.48. The zero-order chi connectivity index (χ0) is 14.2. The van der Waals surface area contributed by atoms with Crippen molar-refractivity contribution < 1.29 is 4.79 Å². The number of hydrogen-bond donors (Lipinski definition) is 2. The zero-order valence-corrected chi connectivity index (χ0v) is 12.6. The third-order valence-electron chi connectivity index (χ3n) is 5.59. The molecule has 114 valence electrons. The maximum atomic E-state index is 12.7. The molecule has 0 spiro atoms. The van der Waals surface area contributed by atoms with E-state index in [2.05, 4.69) is 21.3 Å². The Labute approximate surface area is 126 Å². The molecular formula is C17H25N3O. The summed E-state index contributed by atoms with van der Waals surface area (Å²) in [4.78, 5) is 18.2. The van der Waals surface area contributed by atoms with Crippen LogP contribution in [0.2, 0.25) is 0 Å². The molecule has 3 saturated heterocycles. The van der Waals surface area contributed by atoms with E-state index in [1.807, 2.05) is 12.3 Å². The molecule has 2 bridgehead atoms. The van der Waals surface area contributed by atoms with Crippen LogP contribution in [0.25, 0.3) is 0 Å². The SMILES string of the molecule is O=C(CC1CC2CCC(C1)N2)N1CCCC1c1ccc[nH]1. The maximum absolute atomic E-state index is 12.7. The average molecular weight is 287 g/mol. The first kappa shape index (κ1) is 13.4. The van der Waals surface area contributed by atoms with E-state index in [0.29, 0.717) is 23.9 Å². The molecule has 3 aliphatic heterocycles. The van der Waals surface area contributed by atoms with E-state index in [1.165, 1.54) is 31.4 Å². The number of aromatic nitrogens is 1. The van der Waals surface area contributed by atoms with Gasteiger partial charge >= 0.3 is 0 Å². The van der Waals surface area contributed by atoms with Crippen molar-refractivity contribution in [3.63, 3.8) is 0 Å². The van der Waals surface area contributed by atoms with Gasteiger partial charge in [-0.2, -0.15) is 0 Å². The van der Waals surface area contributed by atoms with Gasteiger partial charge in [0.2, 0.25) is 5.91 Å². The summed E-state index contributed by atoms with van der Waals surface area (Å²) in [5.74, 6) is 0.972. The summed E-state index contributed by atoms with van der Waals surface area (Å²) in [6.45, 7) is 0.931. The highest BCUT2D eigenvalue weighted by Gasteiger charge is 2.36. The van der Waals surface area contributed by atoms with Gasteiger partial charge in [-0.05, 0) is 56.6 Å². The lowest BCUT2D eigenvalue weighted by atomic mass is 9.89. The predicted molar refractivity (Wildman–Crippen MR) is 81.8 cm³/mol. The molecular weight excluding hydrogens is 262 g/mol. The molecule has 0 radical (unpaired) electrons. The van der Waals surface area contributed by atoms with Crippen molar-refractivity contribution in [1.29, 1.82) is 0 Å². The van der Waals surface area contributed by atoms with Crippen molar-refractivity contribution in [2.24, 2.45) is 5.92 Å². The average Bonchev–Trinajstić information content (AvgIpc) is 3.18. The molecule has 2 N–H and O–H groups in total. The van der Waals surface area contributed by atoms with Crippen LogP contribution in [0.3, 0.4) is 0 Å². The summed E-state index contributed by atoms with van der Waals surface area (Å²) in [5.41, 5.74) is 1.20. The summed E-state index contributed by atoms with van der Waals surface area (Å²) >= 11 is 0. The molecule has 3 atom stereocenters. The number of amides is 1. The first-order chi connectivity index (χ1) is 10.3. The Morgan fingerprint density at radius 2 is 2.05 bits per heavy atom. The number of piperidine rings is 1. The standard InChI is InChI=1S/C17H25N3O/c21-17(11-12-9-13-5-6-14(10-12)19-13)20-8-2-4-16(20)15-3-1-7-18-15/h1,3,7,12-14,16,18-19H,2,4-6,8-11H2. The van der Waals surface area contributed by atoms with Gasteiger partial charge in [0, 0.05) is 36.9 Å². The number of nitrogens with one attached hydrogen (secondary N) is 2. The van der Waals surface area contributed by atoms with Gasteiger partial charge < -0.3 is 15.2 Å². The van der Waals surface area contributed by atoms with Crippen LogP contribution in [0.15, 0.2) is 18.3 Å². The van der Waals surface area contributed by atoms with Crippen LogP contribution in [0.1, 0.15) is 56.7 Å². The van der Waals surface area contributed by atoms with E-state index in [9.17, 15) is 4.79 Å². The van der Waals surface area contributed by atoms with Crippen LogP contribution >= 0.6 is 0 Å². The fourth-order valence-electron chi connectivity index (χ4n) is 4.65. The quantitative estimate of drug-likeness (QED) is 0.897. The fourth-order valence-corrected chi connectivity index (χ4v) is 4.65. The molecule has 21 heavy (non-hydrogen) atoms. The molecule has 0 aromatic carbocycles. The summed E-state index contributed by atoms with van der Waals surface area (Å²) in [6, 6.07) is 5.78. The van der Waals surface area contributed by atoms with Gasteiger partial charge in [0.15, 0.2) is 0 Å². The van der Waals surface area contributed by atoms with Gasteiger partial charge in [-0.1, -0.05) is 0 Å². The van der Waals surface area contributed by atoms with E-state index in [0.717, 1.165) is 25.8 Å². The maximum Gasteiger partial charge on any atom is 0.223 e. The Morgan fingerprint density at radius 3 is 2.76 bits per heavy atom. The van der Waals surface area contributed by atoms with Crippen molar-refractivity contribution in [3.05, 3.63) is 24.0 Å². The lowest BCUT2D eigenvalue weighted by Crippen LogP contribution is -2.40. The van der Waals surface area contributed by atoms with Gasteiger partial charge in [-0.25, -0.2) is 0 Å². The van der Waals surface area contributed by atoms with Gasteiger partial charge in [0.05, 0.1) is 6.04 Å². The number of fused-ring (bicyclic) bond motifs is 2. The Bertz CT molecular complexity index is 486. The van der Waals surface area contributed by atoms with Crippen LogP contribution in [-0.2, 0) is 4.79 Å². The molecule has 1 aromatic rings. The number of H-pyrrole nitrogens is 1. The molecule has 3 fully saturated rings. The minimum absolute atomic E-state index is 0.283. The number of aromatic amines is 1. The molecule has 4 heteroatoms. The van der Waals surface area contributed by atoms with Gasteiger partial charge in [0.1, 0.15) is 0 Å². The second-order valence-corrected chi connectivity index (χ2v) is 7.05. The van der Waals surface area contributed by atoms with E-state index >= 15 is 0 Å². The Kier molecular flexibility index (Phi) is 3.49. The Balaban J connectivity index is 1.40. The van der Waals surface area contributed by atoms with Crippen LogP contribution in [0.4, 0.5) is 0 Å². The summed E-state index contributed by atoms with van der Waals surface area (Å²) < 4.78 is 0. The predicted octanol–water partition coefficient (Wildman–Crippen LogP) is 2.60. The number of likely N-dealkylation sites (tertiary alicyclic amines) is 1. The number of nitrogens with zero attached hydrogens (tertiary/aromatic N) is 1. The van der Waals surface area contributed by atoms with Crippen LogP contribution in [0.5, 0.6) is 0 Å². The summed E-state index contributed by atoms with van der Waals surface area (Å²) in [5, 5.41) is 3.66. The summed E-state index contributed by atoms with van der Waals surface area (Å²) in [6.07, 6.45) is 9.96. The Hall–Kier alpha value is -1.29. The highest BCUT2D eigenvalue weighted by Crippen LogP contribution is 2.36. The molecule has 1 amide bonds. The van der Waals surface area contributed by atoms with E-state index in [-0.39, 0.29) is 6.04 Å². The zero-order valence-electron chi connectivity index (χ0n) is 12.6. The molecule has 3 unspecified atom stereocenters. The second-order valence-electron chi connectivity index (χ2n) is 7.05. The summed E-state index contributed by atoms with van der Waals surface area (Å²) in [7, 11) is 0. The minimum Gasteiger partial charge on any atom is -0.363 e. The van der Waals surface area contributed by atoms with Crippen LogP contribution < -0.4 is 5.32 Å². The Morgan fingerprint density at radius 1 is 1.24 bits per heavy atom. The molecule has 4 rings (SSSR count). The molecule has 4 heterocycles. The van der Waals surface area contributed by atoms with Gasteiger partial charge in [0.25, 0.3) is 0 Å². The highest BCUT2D eigenvalue weighted by molar-refractivity contribution is 5.77. The van der Waals surface area contributed by atoms with Crippen LogP contribution in [-0.4, -0.2) is 34.4 Å². The molecule has 0 saturated carbocycles. The molecule has 4 nitrogen and oxygen atoms in total. The van der Waals surface area contributed by atoms with Crippen molar-refractivity contribution in [3.8, 4) is 0 Å². The first-order valence-electron chi connectivity index (χ1n) is 8.48. The normalized spacial score (nSPS) is 35.3. The minimum atomic E-state index is 0.283. The van der Waals surface area contributed by atoms with Gasteiger partial charge in [-0.15, -0.1) is 0 Å². The molecule has 1 aromatic heterocycles. The van der Waals surface area contributed by atoms with Crippen molar-refractivity contribution in [2.45, 2.75) is 63.1 Å². The van der Waals surface area contributed by atoms with Crippen molar-refractivity contribution in [2.75, 3.05) is 6.54 Å². The lowest BCUT2D eigenvalue weighted by Gasteiger charge is -2.31. The number of hydrogen-bond acceptors (Lipinski definition) is 2. The first-order valence-corrected chi connectivity index (χ1v) is 8.48. The largest absolute Gasteiger partial charge is 0.363 e. The highest BCUT2D eigenvalue weighted by atomic mass is 16.2. The third-order valence-corrected chi connectivity index (χ3v) is 5.59. The van der Waals surface area contributed by atoms with Crippen molar-refractivity contribution in [1.82, 2.24) is 15.2 Å². The molecule has 0 aliphatic carbocycles.